The minimum absolute atomic E-state index is 0.124. The number of nitrogens with one attached hydrogen (secondary N) is 1. The van der Waals surface area contributed by atoms with E-state index in [0.717, 1.165) is 25.0 Å². The number of carboxylic acids is 1. The number of Topliss-reactive ketones (excluding diaryl/α,β-unsaturated/α-hetero) is 1. The van der Waals surface area contributed by atoms with Gasteiger partial charge >= 0.3 is 12.1 Å². The number of rotatable bonds is 10. The second-order valence-electron chi connectivity index (χ2n) is 8.06. The smallest absolute Gasteiger partial charge is 0.416 e. The van der Waals surface area contributed by atoms with Crippen molar-refractivity contribution in [3.05, 3.63) is 53.1 Å². The molecule has 0 spiro atoms. The lowest BCUT2D eigenvalue weighted by molar-refractivity contribution is -0.139. The third kappa shape index (κ3) is 5.68. The Hall–Kier alpha value is -2.87. The molecule has 0 amide bonds. The van der Waals surface area contributed by atoms with E-state index < -0.39 is 23.6 Å². The molecule has 172 valence electrons. The van der Waals surface area contributed by atoms with Crippen molar-refractivity contribution in [1.29, 1.82) is 0 Å². The van der Waals surface area contributed by atoms with Crippen molar-refractivity contribution in [1.82, 2.24) is 5.32 Å². The predicted molar refractivity (Wildman–Crippen MR) is 114 cm³/mol. The van der Waals surface area contributed by atoms with Gasteiger partial charge in [-0.3, -0.25) is 9.59 Å². The summed E-state index contributed by atoms with van der Waals surface area (Å²) in [4.78, 5) is 23.3. The highest BCUT2D eigenvalue weighted by Crippen LogP contribution is 2.38. The molecule has 1 unspecified atom stereocenters. The molecule has 5 nitrogen and oxygen atoms in total. The van der Waals surface area contributed by atoms with E-state index in [9.17, 15) is 27.9 Å². The molecule has 3 rings (SSSR count). The summed E-state index contributed by atoms with van der Waals surface area (Å²) in [6.07, 6.45) is -2.32. The SMILES string of the molecule is COc1ccc(C(C)C(=O)O)cc1-c1ccc(C(F)(F)F)cc1CNCCC(=O)C1CC1. The fourth-order valence-electron chi connectivity index (χ4n) is 3.57. The normalized spacial score (nSPS) is 14.8. The van der Waals surface area contributed by atoms with E-state index in [-0.39, 0.29) is 18.2 Å². The maximum Gasteiger partial charge on any atom is 0.416 e. The maximum atomic E-state index is 13.3. The van der Waals surface area contributed by atoms with Crippen LogP contribution in [-0.2, 0) is 22.3 Å². The average molecular weight is 449 g/mol. The molecule has 0 radical (unpaired) electrons. The van der Waals surface area contributed by atoms with Crippen LogP contribution in [0.1, 0.15) is 48.8 Å². The minimum Gasteiger partial charge on any atom is -0.496 e. The molecule has 1 atom stereocenters. The number of benzene rings is 2. The number of carboxylic acid groups (broad SMARTS) is 1. The summed E-state index contributed by atoms with van der Waals surface area (Å²) in [6, 6.07) is 8.35. The van der Waals surface area contributed by atoms with Crippen molar-refractivity contribution in [3.63, 3.8) is 0 Å². The second kappa shape index (κ2) is 9.73. The number of hydrogen-bond donors (Lipinski definition) is 2. The van der Waals surface area contributed by atoms with Crippen molar-refractivity contribution >= 4 is 11.8 Å². The number of carbonyl (C=O) groups excluding carboxylic acids is 1. The van der Waals surface area contributed by atoms with Gasteiger partial charge in [-0.2, -0.15) is 13.2 Å². The topological polar surface area (TPSA) is 75.6 Å². The molecule has 2 aromatic carbocycles. The molecular formula is C24H26F3NO4. The van der Waals surface area contributed by atoms with Gasteiger partial charge in [0.2, 0.25) is 0 Å². The molecule has 2 N–H and O–H groups in total. The molecule has 0 aromatic heterocycles. The number of halogens is 3. The second-order valence-corrected chi connectivity index (χ2v) is 8.06. The highest BCUT2D eigenvalue weighted by atomic mass is 19.4. The molecule has 1 aliphatic rings. The first kappa shape index (κ1) is 23.8. The molecule has 1 fully saturated rings. The number of ketones is 1. The van der Waals surface area contributed by atoms with Gasteiger partial charge in [0.15, 0.2) is 0 Å². The Bertz CT molecular complexity index is 999. The summed E-state index contributed by atoms with van der Waals surface area (Å²) in [7, 11) is 1.45. The van der Waals surface area contributed by atoms with Gasteiger partial charge in [0.05, 0.1) is 18.6 Å². The minimum atomic E-state index is -4.50. The highest BCUT2D eigenvalue weighted by molar-refractivity contribution is 5.83. The van der Waals surface area contributed by atoms with E-state index in [0.29, 0.717) is 41.0 Å². The van der Waals surface area contributed by atoms with Crippen LogP contribution in [0.3, 0.4) is 0 Å². The Balaban J connectivity index is 1.94. The van der Waals surface area contributed by atoms with E-state index in [1.807, 2.05) is 0 Å². The molecule has 2 aromatic rings. The molecule has 1 saturated carbocycles. The highest BCUT2D eigenvalue weighted by Gasteiger charge is 2.31. The monoisotopic (exact) mass is 449 g/mol. The number of alkyl halides is 3. The van der Waals surface area contributed by atoms with E-state index in [2.05, 4.69) is 5.32 Å². The first-order valence-electron chi connectivity index (χ1n) is 10.5. The number of aliphatic carboxylic acids is 1. The fraction of sp³-hybridized carbons (Fsp3) is 0.417. The molecule has 1 aliphatic carbocycles. The van der Waals surface area contributed by atoms with Gasteiger partial charge in [-0.05, 0) is 60.7 Å². The van der Waals surface area contributed by atoms with Crippen molar-refractivity contribution in [2.45, 2.75) is 44.8 Å². The molecule has 0 bridgehead atoms. The first-order valence-corrected chi connectivity index (χ1v) is 10.5. The zero-order valence-electron chi connectivity index (χ0n) is 18.0. The summed E-state index contributed by atoms with van der Waals surface area (Å²) in [5.41, 5.74) is 1.15. The first-order chi connectivity index (χ1) is 15.1. The molecule has 0 heterocycles. The van der Waals surface area contributed by atoms with Crippen LogP contribution in [0.15, 0.2) is 36.4 Å². The standard InChI is InChI=1S/C24H26F3NO4/c1-14(23(30)31)16-5-8-22(32-2)20(12-16)19-7-6-18(24(25,26)27)11-17(19)13-28-10-9-21(29)15-3-4-15/h5-8,11-12,14-15,28H,3-4,9-10,13H2,1-2H3,(H,30,31). The van der Waals surface area contributed by atoms with Crippen LogP contribution in [0.5, 0.6) is 5.75 Å². The average Bonchev–Trinajstić information content (AvgIpc) is 3.60. The lowest BCUT2D eigenvalue weighted by Crippen LogP contribution is -2.19. The number of hydrogen-bond acceptors (Lipinski definition) is 4. The largest absolute Gasteiger partial charge is 0.496 e. The van der Waals surface area contributed by atoms with E-state index >= 15 is 0 Å². The summed E-state index contributed by atoms with van der Waals surface area (Å²) in [5.74, 6) is -1.04. The summed E-state index contributed by atoms with van der Waals surface area (Å²) in [6.45, 7) is 2.04. The van der Waals surface area contributed by atoms with Crippen LogP contribution in [0, 0.1) is 5.92 Å². The number of carbonyl (C=O) groups is 2. The molecule has 0 saturated heterocycles. The van der Waals surface area contributed by atoms with Crippen LogP contribution < -0.4 is 10.1 Å². The van der Waals surface area contributed by atoms with E-state index in [1.54, 1.807) is 25.1 Å². The lowest BCUT2D eigenvalue weighted by atomic mass is 9.92. The number of methoxy groups -OCH3 is 1. The Morgan fingerprint density at radius 2 is 1.88 bits per heavy atom. The fourth-order valence-corrected chi connectivity index (χ4v) is 3.57. The van der Waals surface area contributed by atoms with Crippen molar-refractivity contribution in [3.8, 4) is 16.9 Å². The Morgan fingerprint density at radius 1 is 1.16 bits per heavy atom. The number of ether oxygens (including phenoxy) is 1. The van der Waals surface area contributed by atoms with Crippen molar-refractivity contribution in [2.24, 2.45) is 5.92 Å². The van der Waals surface area contributed by atoms with Gasteiger partial charge in [0.1, 0.15) is 11.5 Å². The summed E-state index contributed by atoms with van der Waals surface area (Å²) < 4.78 is 45.4. The molecule has 8 heteroatoms. The summed E-state index contributed by atoms with van der Waals surface area (Å²) >= 11 is 0. The zero-order chi connectivity index (χ0) is 23.5. The van der Waals surface area contributed by atoms with Gasteiger partial charge in [-0.15, -0.1) is 0 Å². The van der Waals surface area contributed by atoms with E-state index in [1.165, 1.54) is 13.2 Å². The molecule has 32 heavy (non-hydrogen) atoms. The van der Waals surface area contributed by atoms with Crippen LogP contribution in [0.2, 0.25) is 0 Å². The Morgan fingerprint density at radius 3 is 2.47 bits per heavy atom. The van der Waals surface area contributed by atoms with Gasteiger partial charge in [0.25, 0.3) is 0 Å². The predicted octanol–water partition coefficient (Wildman–Crippen LogP) is 5.03. The van der Waals surface area contributed by atoms with Crippen molar-refractivity contribution in [2.75, 3.05) is 13.7 Å². The van der Waals surface area contributed by atoms with Gasteiger partial charge in [-0.1, -0.05) is 12.1 Å². The van der Waals surface area contributed by atoms with E-state index in [4.69, 9.17) is 4.74 Å². The van der Waals surface area contributed by atoms with Crippen LogP contribution in [-0.4, -0.2) is 30.5 Å². The lowest BCUT2D eigenvalue weighted by Gasteiger charge is -2.18. The summed E-state index contributed by atoms with van der Waals surface area (Å²) in [5, 5.41) is 12.4. The van der Waals surface area contributed by atoms with Crippen LogP contribution in [0.25, 0.3) is 11.1 Å². The zero-order valence-corrected chi connectivity index (χ0v) is 18.0. The van der Waals surface area contributed by atoms with Crippen LogP contribution in [0.4, 0.5) is 13.2 Å². The molecular weight excluding hydrogens is 423 g/mol. The third-order valence-corrected chi connectivity index (χ3v) is 5.71. The van der Waals surface area contributed by atoms with Gasteiger partial charge in [-0.25, -0.2) is 0 Å². The maximum absolute atomic E-state index is 13.3. The Kier molecular flexibility index (Phi) is 7.23. The van der Waals surface area contributed by atoms with Gasteiger partial charge in [0, 0.05) is 31.0 Å². The quantitative estimate of drug-likeness (QED) is 0.498. The van der Waals surface area contributed by atoms with Gasteiger partial charge < -0.3 is 15.2 Å². The van der Waals surface area contributed by atoms with Crippen molar-refractivity contribution < 1.29 is 32.6 Å². The Labute approximate surface area is 184 Å². The molecule has 0 aliphatic heterocycles. The third-order valence-electron chi connectivity index (χ3n) is 5.71. The van der Waals surface area contributed by atoms with Crippen LogP contribution >= 0.6 is 0 Å².